The lowest BCUT2D eigenvalue weighted by Crippen LogP contribution is -2.35. The van der Waals surface area contributed by atoms with Crippen molar-refractivity contribution in [2.45, 2.75) is 37.7 Å². The lowest BCUT2D eigenvalue weighted by atomic mass is 10.1. The molecule has 40 heavy (non-hydrogen) atoms. The van der Waals surface area contributed by atoms with Gasteiger partial charge < -0.3 is 34.1 Å². The van der Waals surface area contributed by atoms with E-state index in [0.29, 0.717) is 11.2 Å². The largest absolute Gasteiger partial charge is 0.387 e. The van der Waals surface area contributed by atoms with E-state index in [-0.39, 0.29) is 42.7 Å². The molecule has 2 aliphatic heterocycles. The minimum atomic E-state index is -4.22. The average molecular weight is 634 g/mol. The van der Waals surface area contributed by atoms with Crippen molar-refractivity contribution in [2.75, 3.05) is 18.9 Å². The first-order valence-corrected chi connectivity index (χ1v) is 16.8. The molecule has 0 aliphatic carbocycles. The van der Waals surface area contributed by atoms with Crippen LogP contribution in [0.1, 0.15) is 12.1 Å². The number of aromatic amines is 1. The molecule has 6 heterocycles. The van der Waals surface area contributed by atoms with Gasteiger partial charge >= 0.3 is 13.5 Å². The molecule has 5 N–H and O–H groups in total. The lowest BCUT2D eigenvalue weighted by molar-refractivity contribution is -0.0476. The highest BCUT2D eigenvalue weighted by molar-refractivity contribution is 8.44. The minimum Gasteiger partial charge on any atom is -0.387 e. The number of imidazole rings is 2. The average Bonchev–Trinajstić information content (AvgIpc) is 3.55. The van der Waals surface area contributed by atoms with Crippen LogP contribution in [0.25, 0.3) is 22.3 Å². The predicted molar refractivity (Wildman–Crippen MR) is 142 cm³/mol. The smallest absolute Gasteiger partial charge is 0.387 e. The highest BCUT2D eigenvalue weighted by Crippen LogP contribution is 2.57. The van der Waals surface area contributed by atoms with Crippen LogP contribution in [0, 0.1) is 0 Å². The maximum absolute atomic E-state index is 13.4. The fraction of sp³-hybridized carbons (Fsp3) is 0.444. The number of nitrogens with one attached hydrogen (secondary N) is 1. The van der Waals surface area contributed by atoms with Gasteiger partial charge in [0.2, 0.25) is 5.95 Å². The van der Waals surface area contributed by atoms with Crippen LogP contribution in [0.3, 0.4) is 0 Å². The lowest BCUT2D eigenvalue weighted by Gasteiger charge is -2.24. The number of H-pyrrole nitrogens is 1. The second-order valence-electron chi connectivity index (χ2n) is 8.65. The molecule has 0 amide bonds. The summed E-state index contributed by atoms with van der Waals surface area (Å²) in [5, 5.41) is 11.1. The van der Waals surface area contributed by atoms with Gasteiger partial charge in [-0.05, 0) is 11.8 Å². The quantitative estimate of drug-likeness (QED) is 0.137. The number of anilines is 1. The van der Waals surface area contributed by atoms with E-state index in [4.69, 9.17) is 40.4 Å². The van der Waals surface area contributed by atoms with Crippen LogP contribution in [0.5, 0.6) is 0 Å². The molecule has 1 saturated heterocycles. The van der Waals surface area contributed by atoms with E-state index in [2.05, 4.69) is 42.2 Å². The minimum absolute atomic E-state index is 0.00312. The van der Waals surface area contributed by atoms with E-state index >= 15 is 0 Å². The van der Waals surface area contributed by atoms with Crippen LogP contribution in [-0.2, 0) is 52.4 Å². The van der Waals surface area contributed by atoms with E-state index in [1.807, 2.05) is 0 Å². The van der Waals surface area contributed by atoms with Gasteiger partial charge in [0, 0.05) is 6.54 Å². The van der Waals surface area contributed by atoms with Crippen LogP contribution in [0.15, 0.2) is 23.6 Å². The molecule has 0 saturated carbocycles. The summed E-state index contributed by atoms with van der Waals surface area (Å²) in [5.74, 6) is 0.0784. The van der Waals surface area contributed by atoms with Crippen LogP contribution in [0.2, 0.25) is 0 Å². The summed E-state index contributed by atoms with van der Waals surface area (Å²) in [6, 6.07) is 0. The maximum Gasteiger partial charge on any atom is 0.387 e. The van der Waals surface area contributed by atoms with E-state index in [0.717, 1.165) is 0 Å². The molecule has 4 aromatic heterocycles. The molecular weight excluding hydrogens is 612 g/mol. The molecule has 2 bridgehead atoms. The molecule has 0 radical (unpaired) electrons. The van der Waals surface area contributed by atoms with Crippen LogP contribution in [0.4, 0.5) is 5.95 Å². The molecule has 22 heteroatoms. The molecule has 2 unspecified atom stereocenters. The summed E-state index contributed by atoms with van der Waals surface area (Å²) in [4.78, 5) is 45.9. The molecular formula is C18H21N9O9P2S2. The van der Waals surface area contributed by atoms with Gasteiger partial charge in [0.25, 0.3) is 5.56 Å². The van der Waals surface area contributed by atoms with Gasteiger partial charge in [0.05, 0.1) is 25.7 Å². The Kier molecular flexibility index (Phi) is 7.29. The van der Waals surface area contributed by atoms with E-state index in [9.17, 15) is 19.4 Å². The summed E-state index contributed by atoms with van der Waals surface area (Å²) in [7, 11) is 0. The zero-order chi connectivity index (χ0) is 28.2. The Labute approximate surface area is 233 Å². The Balaban J connectivity index is 1.38. The van der Waals surface area contributed by atoms with E-state index in [1.165, 1.54) is 23.4 Å². The predicted octanol–water partition coefficient (Wildman–Crippen LogP) is 0.00330. The van der Waals surface area contributed by atoms with Crippen molar-refractivity contribution in [1.82, 2.24) is 39.0 Å². The monoisotopic (exact) mass is 633 g/mol. The summed E-state index contributed by atoms with van der Waals surface area (Å²) >= 11 is 9.23. The second kappa shape index (κ2) is 10.5. The van der Waals surface area contributed by atoms with Gasteiger partial charge in [-0.2, -0.15) is 4.98 Å². The second-order valence-corrected chi connectivity index (χ2v) is 14.4. The SMILES string of the molecule is Nc1nc2c(ncn2[C@H]2O[C@@H]3COP(O)(=S)OCCn4c(nc5cncnc54)COP(=O)(S)O[C@@H]2[C@@H]3O)c(=O)[nH]1. The zero-order valence-corrected chi connectivity index (χ0v) is 23.6. The Morgan fingerprint density at radius 3 is 2.88 bits per heavy atom. The Morgan fingerprint density at radius 1 is 1.23 bits per heavy atom. The Morgan fingerprint density at radius 2 is 2.05 bits per heavy atom. The molecule has 18 nitrogen and oxygen atoms in total. The molecule has 4 aromatic rings. The number of aliphatic hydroxyl groups is 1. The molecule has 214 valence electrons. The third-order valence-electron chi connectivity index (χ3n) is 6.11. The van der Waals surface area contributed by atoms with Crippen molar-refractivity contribution < 1.29 is 37.4 Å². The molecule has 1 fully saturated rings. The van der Waals surface area contributed by atoms with Gasteiger partial charge in [-0.25, -0.2) is 24.5 Å². The normalized spacial score (nSPS) is 32.1. The van der Waals surface area contributed by atoms with Crippen molar-refractivity contribution in [3.63, 3.8) is 0 Å². The van der Waals surface area contributed by atoms with Gasteiger partial charge in [-0.1, -0.05) is 12.2 Å². The molecule has 6 atom stereocenters. The van der Waals surface area contributed by atoms with Crippen molar-refractivity contribution in [2.24, 2.45) is 0 Å². The van der Waals surface area contributed by atoms with Crippen molar-refractivity contribution in [3.8, 4) is 0 Å². The fourth-order valence-electron chi connectivity index (χ4n) is 4.37. The third-order valence-corrected chi connectivity index (χ3v) is 9.32. The highest BCUT2D eigenvalue weighted by atomic mass is 32.7. The summed E-state index contributed by atoms with van der Waals surface area (Å²) in [6.07, 6.45) is -1.33. The highest BCUT2D eigenvalue weighted by Gasteiger charge is 2.49. The van der Waals surface area contributed by atoms with E-state index < -0.39 is 50.2 Å². The maximum atomic E-state index is 13.4. The first-order valence-electron chi connectivity index (χ1n) is 11.5. The number of fused-ring (bicyclic) bond motifs is 6. The van der Waals surface area contributed by atoms with Crippen LogP contribution < -0.4 is 11.3 Å². The number of hydrogen-bond donors (Lipinski definition) is 5. The zero-order valence-electron chi connectivity index (χ0n) is 20.1. The number of nitrogens with zero attached hydrogens (tertiary/aromatic N) is 7. The summed E-state index contributed by atoms with van der Waals surface area (Å²) < 4.78 is 44.4. The Bertz CT molecular complexity index is 1750. The molecule has 6 rings (SSSR count). The summed E-state index contributed by atoms with van der Waals surface area (Å²) in [6.45, 7) is -8.78. The Hall–Kier alpha value is -2.35. The van der Waals surface area contributed by atoms with Crippen molar-refractivity contribution in [3.05, 3.63) is 35.0 Å². The van der Waals surface area contributed by atoms with Gasteiger partial charge in [0.1, 0.15) is 42.6 Å². The van der Waals surface area contributed by atoms with Crippen molar-refractivity contribution in [1.29, 1.82) is 0 Å². The number of ether oxygens (including phenoxy) is 1. The fourth-order valence-corrected chi connectivity index (χ4v) is 6.87. The number of aliphatic hydroxyl groups excluding tert-OH is 1. The van der Waals surface area contributed by atoms with Gasteiger partial charge in [0.15, 0.2) is 23.0 Å². The molecule has 0 aromatic carbocycles. The van der Waals surface area contributed by atoms with Crippen LogP contribution in [-0.4, -0.2) is 80.6 Å². The number of thiol groups is 1. The topological polar surface area (TPSA) is 237 Å². The van der Waals surface area contributed by atoms with Crippen molar-refractivity contribution >= 4 is 65.8 Å². The first-order chi connectivity index (χ1) is 19.0. The summed E-state index contributed by atoms with van der Waals surface area (Å²) in [5.41, 5.74) is 5.88. The van der Waals surface area contributed by atoms with Gasteiger partial charge in [-0.15, -0.1) is 0 Å². The number of aromatic nitrogens is 8. The molecule has 2 aliphatic rings. The first kappa shape index (κ1) is 27.8. The number of nitrogen functional groups attached to an aromatic ring is 1. The number of hydrogen-bond acceptors (Lipinski definition) is 15. The van der Waals surface area contributed by atoms with E-state index in [1.54, 1.807) is 4.57 Å². The van der Waals surface area contributed by atoms with Gasteiger partial charge in [-0.3, -0.25) is 23.4 Å². The third kappa shape index (κ3) is 5.33. The standard InChI is InChI=1S/C18H21N9O9P2S2/c19-18-24-15-11(16(29)25-18)22-7-27(15)17-13-12(28)9(35-17)4-33-37(30,39)32-2-1-26-10(5-34-38(31,40)36-13)23-8-3-20-6-21-14(8)26/h3,6-7,9,12-13,17,28H,1-2,4-5H2,(H,30,39)(H,31,40)(H3,19,24,25,29)/t9-,12-,13-,17+,37?,38?/m1/s1. The molecule has 0 spiro atoms. The van der Waals surface area contributed by atoms with Crippen LogP contribution >= 0.6 is 25.8 Å². The number of nitrogens with two attached hydrogens (primary N) is 1. The number of rotatable bonds is 1.